The van der Waals surface area contributed by atoms with Crippen LogP contribution in [0.5, 0.6) is 0 Å². The zero-order valence-corrected chi connectivity index (χ0v) is 13.0. The van der Waals surface area contributed by atoms with Crippen molar-refractivity contribution in [3.05, 3.63) is 41.6 Å². The van der Waals surface area contributed by atoms with E-state index in [1.807, 2.05) is 22.9 Å². The monoisotopic (exact) mass is 291 g/mol. The summed E-state index contributed by atoms with van der Waals surface area (Å²) in [6.07, 6.45) is 2.09. The number of hydrogen-bond acceptors (Lipinski definition) is 4. The molecule has 0 unspecified atom stereocenters. The number of ether oxygens (including phenoxy) is 1. The summed E-state index contributed by atoms with van der Waals surface area (Å²) in [5, 5.41) is 9.26. The van der Waals surface area contributed by atoms with Crippen LogP contribution in [-0.2, 0) is 11.3 Å². The zero-order chi connectivity index (χ0) is 14.4. The van der Waals surface area contributed by atoms with Gasteiger partial charge in [-0.2, -0.15) is 5.10 Å². The summed E-state index contributed by atoms with van der Waals surface area (Å²) in [7, 11) is 1.72. The predicted molar refractivity (Wildman–Crippen MR) is 83.7 cm³/mol. The number of aryl methyl sites for hydroxylation is 1. The van der Waals surface area contributed by atoms with Crippen molar-refractivity contribution in [3.8, 4) is 5.69 Å². The van der Waals surface area contributed by atoms with Crippen molar-refractivity contribution >= 4 is 11.8 Å². The van der Waals surface area contributed by atoms with Crippen LogP contribution in [0.25, 0.3) is 5.69 Å². The van der Waals surface area contributed by atoms with Crippen LogP contribution in [0.1, 0.15) is 11.3 Å². The van der Waals surface area contributed by atoms with Gasteiger partial charge < -0.3 is 10.1 Å². The lowest BCUT2D eigenvalue weighted by atomic mass is 10.2. The Labute approximate surface area is 124 Å². The third-order valence-corrected chi connectivity index (χ3v) is 3.92. The molecule has 1 heterocycles. The van der Waals surface area contributed by atoms with E-state index in [-0.39, 0.29) is 0 Å². The number of aromatic nitrogens is 2. The Bertz CT molecular complexity index is 540. The molecule has 0 aliphatic heterocycles. The normalized spacial score (nSPS) is 10.9. The minimum atomic E-state index is 0.723. The van der Waals surface area contributed by atoms with E-state index in [1.165, 1.54) is 10.6 Å². The van der Waals surface area contributed by atoms with Crippen molar-refractivity contribution in [2.75, 3.05) is 26.5 Å². The average molecular weight is 291 g/mol. The van der Waals surface area contributed by atoms with Gasteiger partial charge in [-0.05, 0) is 25.3 Å². The molecule has 0 saturated heterocycles. The van der Waals surface area contributed by atoms with Crippen LogP contribution in [-0.4, -0.2) is 36.3 Å². The smallest absolute Gasteiger partial charge is 0.104 e. The van der Waals surface area contributed by atoms with E-state index in [2.05, 4.69) is 35.7 Å². The van der Waals surface area contributed by atoms with Gasteiger partial charge in [-0.3, -0.25) is 0 Å². The Kier molecular flexibility index (Phi) is 5.64. The van der Waals surface area contributed by atoms with Gasteiger partial charge in [0.15, 0.2) is 0 Å². The van der Waals surface area contributed by atoms with E-state index in [4.69, 9.17) is 4.74 Å². The number of rotatable bonds is 7. The predicted octanol–water partition coefficient (Wildman–Crippen LogP) is 2.64. The van der Waals surface area contributed by atoms with E-state index >= 15 is 0 Å². The van der Waals surface area contributed by atoms with Crippen molar-refractivity contribution in [3.63, 3.8) is 0 Å². The lowest BCUT2D eigenvalue weighted by molar-refractivity contribution is 0.199. The van der Waals surface area contributed by atoms with Gasteiger partial charge in [-0.1, -0.05) is 18.2 Å². The zero-order valence-electron chi connectivity index (χ0n) is 12.2. The van der Waals surface area contributed by atoms with Gasteiger partial charge in [0, 0.05) is 25.8 Å². The second kappa shape index (κ2) is 7.47. The maximum atomic E-state index is 5.05. The minimum absolute atomic E-state index is 0.723. The molecule has 0 aliphatic rings. The lowest BCUT2D eigenvalue weighted by Gasteiger charge is -2.08. The third-order valence-electron chi connectivity index (χ3n) is 3.12. The highest BCUT2D eigenvalue weighted by Crippen LogP contribution is 2.26. The van der Waals surface area contributed by atoms with E-state index in [1.54, 1.807) is 18.9 Å². The number of methoxy groups -OCH3 is 1. The number of benzene rings is 1. The number of thioether (sulfide) groups is 1. The summed E-state index contributed by atoms with van der Waals surface area (Å²) in [4.78, 5) is 0. The molecular weight excluding hydrogens is 270 g/mol. The van der Waals surface area contributed by atoms with Crippen LogP contribution >= 0.6 is 11.8 Å². The van der Waals surface area contributed by atoms with Gasteiger partial charge in [-0.25, -0.2) is 4.68 Å². The number of nitrogens with zero attached hydrogens (tertiary/aromatic N) is 2. The van der Waals surface area contributed by atoms with E-state index in [0.717, 1.165) is 31.1 Å². The molecule has 0 spiro atoms. The molecule has 2 aromatic rings. The van der Waals surface area contributed by atoms with E-state index < -0.39 is 0 Å². The molecule has 0 fully saturated rings. The Morgan fingerprint density at radius 3 is 2.70 bits per heavy atom. The van der Waals surface area contributed by atoms with E-state index in [9.17, 15) is 0 Å². The van der Waals surface area contributed by atoms with Crippen LogP contribution in [0.2, 0.25) is 0 Å². The number of nitrogens with one attached hydrogen (secondary N) is 1. The topological polar surface area (TPSA) is 39.1 Å². The highest BCUT2D eigenvalue weighted by molar-refractivity contribution is 7.98. The molecule has 4 nitrogen and oxygen atoms in total. The fourth-order valence-corrected chi connectivity index (χ4v) is 2.87. The molecule has 1 aromatic carbocycles. The first-order valence-corrected chi connectivity index (χ1v) is 7.88. The summed E-state index contributed by atoms with van der Waals surface area (Å²) in [5.74, 6) is 0. The first kappa shape index (κ1) is 15.1. The van der Waals surface area contributed by atoms with Gasteiger partial charge in [0.1, 0.15) is 5.03 Å². The first-order valence-electron chi connectivity index (χ1n) is 6.65. The van der Waals surface area contributed by atoms with Crippen molar-refractivity contribution in [1.82, 2.24) is 15.1 Å². The van der Waals surface area contributed by atoms with Crippen molar-refractivity contribution in [2.24, 2.45) is 0 Å². The second-order valence-electron chi connectivity index (χ2n) is 4.49. The van der Waals surface area contributed by atoms with Crippen molar-refractivity contribution in [2.45, 2.75) is 18.5 Å². The molecule has 2 rings (SSSR count). The summed E-state index contributed by atoms with van der Waals surface area (Å²) in [6.45, 7) is 4.45. The summed E-state index contributed by atoms with van der Waals surface area (Å²) >= 11 is 1.73. The number of hydrogen-bond donors (Lipinski definition) is 1. The maximum Gasteiger partial charge on any atom is 0.104 e. The molecule has 0 radical (unpaired) electrons. The second-order valence-corrected chi connectivity index (χ2v) is 5.29. The van der Waals surface area contributed by atoms with Crippen LogP contribution < -0.4 is 5.32 Å². The Balaban J connectivity index is 2.23. The van der Waals surface area contributed by atoms with Gasteiger partial charge in [0.25, 0.3) is 0 Å². The SMILES string of the molecule is COCCNCc1c(C)nn(-c2ccccc2)c1SC. The fraction of sp³-hybridized carbons (Fsp3) is 0.400. The average Bonchev–Trinajstić information content (AvgIpc) is 2.81. The van der Waals surface area contributed by atoms with Gasteiger partial charge in [-0.15, -0.1) is 11.8 Å². The van der Waals surface area contributed by atoms with E-state index in [0.29, 0.717) is 0 Å². The largest absolute Gasteiger partial charge is 0.383 e. The fourth-order valence-electron chi connectivity index (χ4n) is 2.08. The molecule has 0 aliphatic carbocycles. The molecule has 1 aromatic heterocycles. The molecule has 0 amide bonds. The Morgan fingerprint density at radius 2 is 2.05 bits per heavy atom. The molecular formula is C15H21N3OS. The molecule has 5 heteroatoms. The molecule has 0 bridgehead atoms. The summed E-state index contributed by atoms with van der Waals surface area (Å²) < 4.78 is 7.07. The molecule has 1 N–H and O–H groups in total. The van der Waals surface area contributed by atoms with Gasteiger partial charge in [0.2, 0.25) is 0 Å². The van der Waals surface area contributed by atoms with Crippen molar-refractivity contribution in [1.29, 1.82) is 0 Å². The molecule has 108 valence electrons. The minimum Gasteiger partial charge on any atom is -0.383 e. The lowest BCUT2D eigenvalue weighted by Crippen LogP contribution is -2.19. The van der Waals surface area contributed by atoms with Gasteiger partial charge in [0.05, 0.1) is 18.0 Å². The van der Waals surface area contributed by atoms with Crippen molar-refractivity contribution < 1.29 is 4.74 Å². The number of para-hydroxylation sites is 1. The van der Waals surface area contributed by atoms with Crippen LogP contribution in [0.15, 0.2) is 35.4 Å². The Hall–Kier alpha value is -1.30. The summed E-state index contributed by atoms with van der Waals surface area (Å²) in [6, 6.07) is 10.2. The quantitative estimate of drug-likeness (QED) is 0.629. The molecule has 0 saturated carbocycles. The highest BCUT2D eigenvalue weighted by Gasteiger charge is 2.15. The summed E-state index contributed by atoms with van der Waals surface area (Å²) in [5.41, 5.74) is 3.43. The molecule has 20 heavy (non-hydrogen) atoms. The van der Waals surface area contributed by atoms with Gasteiger partial charge >= 0.3 is 0 Å². The molecule has 0 atom stereocenters. The van der Waals surface area contributed by atoms with Crippen LogP contribution in [0, 0.1) is 6.92 Å². The van der Waals surface area contributed by atoms with Crippen LogP contribution in [0.4, 0.5) is 0 Å². The van der Waals surface area contributed by atoms with Crippen LogP contribution in [0.3, 0.4) is 0 Å². The first-order chi connectivity index (χ1) is 9.77. The maximum absolute atomic E-state index is 5.05. The third kappa shape index (κ3) is 3.42. The highest BCUT2D eigenvalue weighted by atomic mass is 32.2. The standard InChI is InChI=1S/C15H21N3OS/c1-12-14(11-16-9-10-19-2)15(20-3)18(17-12)13-7-5-4-6-8-13/h4-8,16H,9-11H2,1-3H3. The Morgan fingerprint density at radius 1 is 1.30 bits per heavy atom.